The molecule has 0 aromatic carbocycles. The molecule has 1 aromatic heterocycles. The largest absolute Gasteiger partial charge is 0.473 e. The number of aromatic nitrogens is 2. The van der Waals surface area contributed by atoms with Crippen LogP contribution in [0.2, 0.25) is 0 Å². The number of ether oxygens (including phenoxy) is 1. The van der Waals surface area contributed by atoms with Gasteiger partial charge in [-0.3, -0.25) is 4.98 Å². The SMILES string of the molecule is CNc1cncc(OC2CCCCCC2)n1. The molecule has 1 aliphatic carbocycles. The summed E-state index contributed by atoms with van der Waals surface area (Å²) in [6.07, 6.45) is 11.2. The van der Waals surface area contributed by atoms with Gasteiger partial charge in [-0.2, -0.15) is 4.98 Å². The van der Waals surface area contributed by atoms with Crippen LogP contribution in [0.25, 0.3) is 0 Å². The van der Waals surface area contributed by atoms with E-state index in [-0.39, 0.29) is 0 Å². The van der Waals surface area contributed by atoms with Gasteiger partial charge in [0.05, 0.1) is 12.4 Å². The molecule has 0 saturated heterocycles. The van der Waals surface area contributed by atoms with Crippen molar-refractivity contribution in [2.75, 3.05) is 12.4 Å². The first-order valence-corrected chi connectivity index (χ1v) is 6.05. The first-order valence-electron chi connectivity index (χ1n) is 6.05. The predicted molar refractivity (Wildman–Crippen MR) is 63.7 cm³/mol. The first-order chi connectivity index (χ1) is 7.88. The first kappa shape index (κ1) is 11.2. The summed E-state index contributed by atoms with van der Waals surface area (Å²) in [5.74, 6) is 1.39. The van der Waals surface area contributed by atoms with Crippen LogP contribution < -0.4 is 10.1 Å². The van der Waals surface area contributed by atoms with Gasteiger partial charge in [-0.25, -0.2) is 0 Å². The minimum atomic E-state index is 0.323. The van der Waals surface area contributed by atoms with E-state index in [0.717, 1.165) is 18.7 Å². The van der Waals surface area contributed by atoms with E-state index in [0.29, 0.717) is 12.0 Å². The molecule has 1 N–H and O–H groups in total. The Labute approximate surface area is 96.4 Å². The average Bonchev–Trinajstić information content (AvgIpc) is 2.58. The highest BCUT2D eigenvalue weighted by molar-refractivity contribution is 5.31. The Hall–Kier alpha value is -1.32. The summed E-state index contributed by atoms with van der Waals surface area (Å²) in [5.41, 5.74) is 0. The third kappa shape index (κ3) is 3.08. The second-order valence-corrected chi connectivity index (χ2v) is 4.22. The molecule has 4 nitrogen and oxygen atoms in total. The van der Waals surface area contributed by atoms with Crippen LogP contribution in [0.3, 0.4) is 0 Å². The molecule has 0 spiro atoms. The van der Waals surface area contributed by atoms with Crippen LogP contribution in [0.4, 0.5) is 5.82 Å². The molecule has 1 aliphatic rings. The van der Waals surface area contributed by atoms with Gasteiger partial charge in [-0.1, -0.05) is 12.8 Å². The van der Waals surface area contributed by atoms with Gasteiger partial charge >= 0.3 is 0 Å². The topological polar surface area (TPSA) is 47.0 Å². The number of hydrogen-bond donors (Lipinski definition) is 1. The number of rotatable bonds is 3. The molecule has 0 unspecified atom stereocenters. The Morgan fingerprint density at radius 2 is 1.94 bits per heavy atom. The van der Waals surface area contributed by atoms with Crippen molar-refractivity contribution in [3.8, 4) is 5.88 Å². The molecule has 1 fully saturated rings. The lowest BCUT2D eigenvalue weighted by Gasteiger charge is -2.15. The summed E-state index contributed by atoms with van der Waals surface area (Å²) in [4.78, 5) is 8.41. The van der Waals surface area contributed by atoms with Crippen molar-refractivity contribution in [2.24, 2.45) is 0 Å². The lowest BCUT2D eigenvalue weighted by molar-refractivity contribution is 0.175. The fourth-order valence-electron chi connectivity index (χ4n) is 2.06. The molecular formula is C12H19N3O. The number of anilines is 1. The van der Waals surface area contributed by atoms with Gasteiger partial charge in [0.15, 0.2) is 0 Å². The molecule has 88 valence electrons. The lowest BCUT2D eigenvalue weighted by Crippen LogP contribution is -2.16. The Balaban J connectivity index is 1.96. The molecule has 1 aromatic rings. The quantitative estimate of drug-likeness (QED) is 0.797. The Morgan fingerprint density at radius 1 is 1.19 bits per heavy atom. The Bertz CT molecular complexity index is 322. The summed E-state index contributed by atoms with van der Waals surface area (Å²) < 4.78 is 5.86. The summed E-state index contributed by atoms with van der Waals surface area (Å²) in [6.45, 7) is 0. The lowest BCUT2D eigenvalue weighted by atomic mass is 10.1. The van der Waals surface area contributed by atoms with Crippen molar-refractivity contribution in [2.45, 2.75) is 44.6 Å². The molecule has 0 atom stereocenters. The van der Waals surface area contributed by atoms with Gasteiger partial charge in [0.25, 0.3) is 0 Å². The van der Waals surface area contributed by atoms with E-state index < -0.39 is 0 Å². The van der Waals surface area contributed by atoms with Crippen LogP contribution in [-0.4, -0.2) is 23.1 Å². The van der Waals surface area contributed by atoms with E-state index >= 15 is 0 Å². The fraction of sp³-hybridized carbons (Fsp3) is 0.667. The van der Waals surface area contributed by atoms with Crippen LogP contribution in [-0.2, 0) is 0 Å². The third-order valence-corrected chi connectivity index (χ3v) is 2.96. The summed E-state index contributed by atoms with van der Waals surface area (Å²) in [6, 6.07) is 0. The summed E-state index contributed by atoms with van der Waals surface area (Å²) in [7, 11) is 1.83. The molecule has 1 saturated carbocycles. The zero-order valence-electron chi connectivity index (χ0n) is 9.78. The van der Waals surface area contributed by atoms with Gasteiger partial charge in [-0.05, 0) is 25.7 Å². The monoisotopic (exact) mass is 221 g/mol. The van der Waals surface area contributed by atoms with E-state index in [1.807, 2.05) is 7.05 Å². The summed E-state index contributed by atoms with van der Waals surface area (Å²) >= 11 is 0. The van der Waals surface area contributed by atoms with Crippen LogP contribution in [0, 0.1) is 0 Å². The highest BCUT2D eigenvalue weighted by Crippen LogP contribution is 2.21. The van der Waals surface area contributed by atoms with Gasteiger partial charge in [0, 0.05) is 7.05 Å². The van der Waals surface area contributed by atoms with Gasteiger partial charge in [0.2, 0.25) is 5.88 Å². The van der Waals surface area contributed by atoms with Gasteiger partial charge < -0.3 is 10.1 Å². The maximum absolute atomic E-state index is 5.86. The van der Waals surface area contributed by atoms with Crippen LogP contribution in [0.5, 0.6) is 5.88 Å². The smallest absolute Gasteiger partial charge is 0.234 e. The molecular weight excluding hydrogens is 202 g/mol. The van der Waals surface area contributed by atoms with E-state index in [1.54, 1.807) is 12.4 Å². The van der Waals surface area contributed by atoms with Crippen molar-refractivity contribution >= 4 is 5.82 Å². The minimum absolute atomic E-state index is 0.323. The minimum Gasteiger partial charge on any atom is -0.473 e. The molecule has 0 aliphatic heterocycles. The van der Waals surface area contributed by atoms with Crippen LogP contribution in [0.15, 0.2) is 12.4 Å². The highest BCUT2D eigenvalue weighted by Gasteiger charge is 2.14. The van der Waals surface area contributed by atoms with Crippen LogP contribution in [0.1, 0.15) is 38.5 Å². The summed E-state index contributed by atoms with van der Waals surface area (Å²) in [5, 5.41) is 2.96. The molecule has 1 heterocycles. The number of nitrogens with one attached hydrogen (secondary N) is 1. The second-order valence-electron chi connectivity index (χ2n) is 4.22. The van der Waals surface area contributed by atoms with E-state index in [2.05, 4.69) is 15.3 Å². The molecule has 0 bridgehead atoms. The second kappa shape index (κ2) is 5.68. The maximum atomic E-state index is 5.86. The standard InChI is InChI=1S/C12H19N3O/c1-13-11-8-14-9-12(15-11)16-10-6-4-2-3-5-7-10/h8-10H,2-7H2,1H3,(H,13,15). The average molecular weight is 221 g/mol. The molecule has 4 heteroatoms. The normalized spacial score (nSPS) is 17.8. The zero-order chi connectivity index (χ0) is 11.2. The van der Waals surface area contributed by atoms with Crippen molar-refractivity contribution < 1.29 is 4.74 Å². The van der Waals surface area contributed by atoms with E-state index in [9.17, 15) is 0 Å². The Morgan fingerprint density at radius 3 is 2.62 bits per heavy atom. The number of hydrogen-bond acceptors (Lipinski definition) is 4. The molecule has 0 radical (unpaired) electrons. The predicted octanol–water partition coefficient (Wildman–Crippen LogP) is 2.62. The van der Waals surface area contributed by atoms with Gasteiger partial charge in [0.1, 0.15) is 11.9 Å². The molecule has 16 heavy (non-hydrogen) atoms. The molecule has 0 amide bonds. The highest BCUT2D eigenvalue weighted by atomic mass is 16.5. The van der Waals surface area contributed by atoms with Crippen molar-refractivity contribution in [1.82, 2.24) is 9.97 Å². The van der Waals surface area contributed by atoms with E-state index in [1.165, 1.54) is 25.7 Å². The van der Waals surface area contributed by atoms with Gasteiger partial charge in [-0.15, -0.1) is 0 Å². The maximum Gasteiger partial charge on any atom is 0.234 e. The zero-order valence-corrected chi connectivity index (χ0v) is 9.78. The van der Waals surface area contributed by atoms with Crippen molar-refractivity contribution in [3.63, 3.8) is 0 Å². The fourth-order valence-corrected chi connectivity index (χ4v) is 2.06. The van der Waals surface area contributed by atoms with Crippen LogP contribution >= 0.6 is 0 Å². The van der Waals surface area contributed by atoms with Crippen molar-refractivity contribution in [1.29, 1.82) is 0 Å². The molecule has 2 rings (SSSR count). The third-order valence-electron chi connectivity index (χ3n) is 2.96. The van der Waals surface area contributed by atoms with E-state index in [4.69, 9.17) is 4.74 Å². The Kier molecular flexibility index (Phi) is 3.97. The number of nitrogens with zero attached hydrogens (tertiary/aromatic N) is 2. The van der Waals surface area contributed by atoms with Crippen molar-refractivity contribution in [3.05, 3.63) is 12.4 Å².